The van der Waals surface area contributed by atoms with Gasteiger partial charge in [-0.3, -0.25) is 4.79 Å². The van der Waals surface area contributed by atoms with Gasteiger partial charge in [0, 0.05) is 29.7 Å². The summed E-state index contributed by atoms with van der Waals surface area (Å²) in [6.07, 6.45) is 5.36. The minimum Gasteiger partial charge on any atom is -0.349 e. The molecule has 0 bridgehead atoms. The molecule has 28 heavy (non-hydrogen) atoms. The smallest absolute Gasteiger partial charge is 0.220 e. The van der Waals surface area contributed by atoms with Crippen molar-refractivity contribution in [2.45, 2.75) is 57.9 Å². The van der Waals surface area contributed by atoms with Crippen molar-refractivity contribution in [2.24, 2.45) is 5.73 Å². The second kappa shape index (κ2) is 8.05. The fraction of sp³-hybridized carbons (Fsp3) is 0.476. The quantitative estimate of drug-likeness (QED) is 0.687. The van der Waals surface area contributed by atoms with E-state index in [2.05, 4.69) is 17.3 Å². The Hall–Kier alpha value is -2.18. The highest BCUT2D eigenvalue weighted by atomic mass is 35.5. The third-order valence-electron chi connectivity index (χ3n) is 5.98. The molecule has 150 valence electrons. The van der Waals surface area contributed by atoms with Crippen molar-refractivity contribution in [3.8, 4) is 0 Å². The largest absolute Gasteiger partial charge is 0.349 e. The van der Waals surface area contributed by atoms with E-state index < -0.39 is 0 Å². The normalized spacial score (nSPS) is 15.7. The molecule has 4 rings (SSSR count). The highest BCUT2D eigenvalue weighted by Gasteiger charge is 2.33. The van der Waals surface area contributed by atoms with Gasteiger partial charge in [0.1, 0.15) is 0 Å². The summed E-state index contributed by atoms with van der Waals surface area (Å²) in [6.45, 7) is 4.59. The zero-order chi connectivity index (χ0) is 19.0. The van der Waals surface area contributed by atoms with Crippen molar-refractivity contribution >= 4 is 34.9 Å². The number of amides is 1. The number of fused-ring (bicyclic) bond motifs is 3. The molecule has 3 N–H and O–H groups in total. The number of aromatic nitrogens is 3. The first-order chi connectivity index (χ1) is 13.0. The topological polar surface area (TPSA) is 85.3 Å². The van der Waals surface area contributed by atoms with E-state index in [-0.39, 0.29) is 23.9 Å². The zero-order valence-corrected chi connectivity index (χ0v) is 17.3. The minimum atomic E-state index is -0.191. The Balaban J connectivity index is 0.00000225. The fourth-order valence-electron chi connectivity index (χ4n) is 4.37. The van der Waals surface area contributed by atoms with Crippen molar-refractivity contribution in [3.05, 3.63) is 41.2 Å². The van der Waals surface area contributed by atoms with Crippen molar-refractivity contribution in [1.82, 2.24) is 19.9 Å². The van der Waals surface area contributed by atoms with Gasteiger partial charge in [-0.2, -0.15) is 5.10 Å². The van der Waals surface area contributed by atoms with Crippen molar-refractivity contribution in [2.75, 3.05) is 6.54 Å². The van der Waals surface area contributed by atoms with Gasteiger partial charge in [-0.25, -0.2) is 9.50 Å². The third-order valence-corrected chi connectivity index (χ3v) is 5.98. The van der Waals surface area contributed by atoms with E-state index in [1.54, 1.807) is 0 Å². The van der Waals surface area contributed by atoms with Crippen LogP contribution in [0, 0.1) is 13.8 Å². The van der Waals surface area contributed by atoms with E-state index in [9.17, 15) is 4.79 Å². The molecule has 1 fully saturated rings. The molecule has 2 heterocycles. The molecule has 1 amide bonds. The molecule has 1 saturated carbocycles. The number of nitrogens with two attached hydrogens (primary N) is 1. The molecular formula is C21H28ClN5O. The maximum Gasteiger partial charge on any atom is 0.220 e. The monoisotopic (exact) mass is 401 g/mol. The van der Waals surface area contributed by atoms with E-state index in [1.807, 2.05) is 35.7 Å². The number of benzene rings is 1. The summed E-state index contributed by atoms with van der Waals surface area (Å²) < 4.78 is 1.91. The summed E-state index contributed by atoms with van der Waals surface area (Å²) in [7, 11) is 0. The number of carbonyl (C=O) groups is 1. The Morgan fingerprint density at radius 2 is 1.96 bits per heavy atom. The van der Waals surface area contributed by atoms with Gasteiger partial charge in [-0.1, -0.05) is 25.0 Å². The molecule has 0 unspecified atom stereocenters. The Kier molecular flexibility index (Phi) is 5.91. The summed E-state index contributed by atoms with van der Waals surface area (Å²) in [4.78, 5) is 17.3. The Labute approximate surface area is 171 Å². The molecule has 3 aromatic rings. The minimum absolute atomic E-state index is 0. The molecule has 7 heteroatoms. The molecule has 0 saturated heterocycles. The molecule has 0 aliphatic heterocycles. The number of carbonyl (C=O) groups excluding carboxylic acids is 1. The van der Waals surface area contributed by atoms with Gasteiger partial charge in [0.2, 0.25) is 5.91 Å². The summed E-state index contributed by atoms with van der Waals surface area (Å²) in [5.41, 5.74) is 10.7. The molecule has 0 spiro atoms. The molecule has 2 aromatic heterocycles. The van der Waals surface area contributed by atoms with Crippen LogP contribution < -0.4 is 11.1 Å². The van der Waals surface area contributed by atoms with Gasteiger partial charge in [0.15, 0.2) is 5.65 Å². The first-order valence-corrected chi connectivity index (χ1v) is 9.78. The lowest BCUT2D eigenvalue weighted by atomic mass is 9.97. The standard InChI is InChI=1S/C21H27N5O.ClH/c1-14-16(9-10-19(27)24-21(13-22)11-5-6-12-21)15(2)26-20(23-14)17-7-3-4-8-18(17)25-26;/h3-4,7-8H,5-6,9-13,22H2,1-2H3,(H,24,27);1H. The van der Waals surface area contributed by atoms with Crippen LogP contribution in [0.25, 0.3) is 16.6 Å². The lowest BCUT2D eigenvalue weighted by molar-refractivity contribution is -0.122. The van der Waals surface area contributed by atoms with Gasteiger partial charge in [-0.05, 0) is 50.8 Å². The predicted molar refractivity (Wildman–Crippen MR) is 114 cm³/mol. The highest BCUT2D eigenvalue weighted by Crippen LogP contribution is 2.29. The number of nitrogens with zero attached hydrogens (tertiary/aromatic N) is 3. The van der Waals surface area contributed by atoms with Crippen LogP contribution in [0.2, 0.25) is 0 Å². The van der Waals surface area contributed by atoms with Gasteiger partial charge >= 0.3 is 0 Å². The van der Waals surface area contributed by atoms with Crippen LogP contribution in [-0.4, -0.2) is 32.6 Å². The molecular weight excluding hydrogens is 374 g/mol. The molecule has 1 aromatic carbocycles. The van der Waals surface area contributed by atoms with Crippen molar-refractivity contribution in [3.63, 3.8) is 0 Å². The fourth-order valence-corrected chi connectivity index (χ4v) is 4.37. The van der Waals surface area contributed by atoms with Gasteiger partial charge in [0.25, 0.3) is 0 Å². The predicted octanol–water partition coefficient (Wildman–Crippen LogP) is 3.24. The van der Waals surface area contributed by atoms with Crippen molar-refractivity contribution < 1.29 is 4.79 Å². The molecule has 1 aliphatic carbocycles. The molecule has 0 atom stereocenters. The first kappa shape index (κ1) is 20.6. The maximum atomic E-state index is 12.6. The number of hydrogen-bond acceptors (Lipinski definition) is 4. The Bertz CT molecular complexity index is 1010. The molecule has 6 nitrogen and oxygen atoms in total. The summed E-state index contributed by atoms with van der Waals surface area (Å²) in [5, 5.41) is 8.95. The van der Waals surface area contributed by atoms with Crippen LogP contribution in [0.5, 0.6) is 0 Å². The lowest BCUT2D eigenvalue weighted by Gasteiger charge is -2.28. The Morgan fingerprint density at radius 1 is 1.25 bits per heavy atom. The average molecular weight is 402 g/mol. The lowest BCUT2D eigenvalue weighted by Crippen LogP contribution is -2.51. The van der Waals surface area contributed by atoms with E-state index in [1.165, 1.54) is 0 Å². The van der Waals surface area contributed by atoms with Crippen molar-refractivity contribution in [1.29, 1.82) is 0 Å². The second-order valence-electron chi connectivity index (χ2n) is 7.75. The van der Waals surface area contributed by atoms with E-state index in [0.29, 0.717) is 19.4 Å². The van der Waals surface area contributed by atoms with Crippen LogP contribution >= 0.6 is 12.4 Å². The van der Waals surface area contributed by atoms with E-state index >= 15 is 0 Å². The number of hydrogen-bond donors (Lipinski definition) is 2. The number of rotatable bonds is 5. The van der Waals surface area contributed by atoms with E-state index in [4.69, 9.17) is 10.7 Å². The van der Waals surface area contributed by atoms with Crippen LogP contribution in [0.3, 0.4) is 0 Å². The molecule has 0 radical (unpaired) electrons. The van der Waals surface area contributed by atoms with Gasteiger partial charge in [-0.15, -0.1) is 12.4 Å². The van der Waals surface area contributed by atoms with Crippen LogP contribution in [0.1, 0.15) is 49.1 Å². The SMILES string of the molecule is Cc1nc2c3ccccc3nn2c(C)c1CCC(=O)NC1(CN)CCCC1.Cl. The number of nitrogens with one attached hydrogen (secondary N) is 1. The summed E-state index contributed by atoms with van der Waals surface area (Å²) >= 11 is 0. The summed E-state index contributed by atoms with van der Waals surface area (Å²) in [5.74, 6) is 0.0758. The van der Waals surface area contributed by atoms with Crippen LogP contribution in [0.4, 0.5) is 0 Å². The molecule has 1 aliphatic rings. The maximum absolute atomic E-state index is 12.6. The number of aryl methyl sites for hydroxylation is 2. The summed E-state index contributed by atoms with van der Waals surface area (Å²) in [6, 6.07) is 8.04. The van der Waals surface area contributed by atoms with E-state index in [0.717, 1.165) is 59.2 Å². The number of halogens is 1. The first-order valence-electron chi connectivity index (χ1n) is 9.78. The highest BCUT2D eigenvalue weighted by molar-refractivity contribution is 5.92. The Morgan fingerprint density at radius 3 is 2.68 bits per heavy atom. The average Bonchev–Trinajstić information content (AvgIpc) is 3.27. The van der Waals surface area contributed by atoms with Crippen LogP contribution in [0.15, 0.2) is 24.3 Å². The zero-order valence-electron chi connectivity index (χ0n) is 16.5. The van der Waals surface area contributed by atoms with Gasteiger partial charge in [0.05, 0.1) is 11.1 Å². The second-order valence-corrected chi connectivity index (χ2v) is 7.75. The third kappa shape index (κ3) is 3.59. The van der Waals surface area contributed by atoms with Gasteiger partial charge < -0.3 is 11.1 Å². The van der Waals surface area contributed by atoms with Crippen LogP contribution in [-0.2, 0) is 11.2 Å².